The second-order valence-electron chi connectivity index (χ2n) is 4.16. The van der Waals surface area contributed by atoms with Crippen molar-refractivity contribution in [2.24, 2.45) is 0 Å². The Bertz CT molecular complexity index is 191. The number of rotatable bonds is 5. The standard InChI is InChI=1S/C11H22N2O2/c1-3-15-8-9(2)12-11(14)13-10-6-4-5-7-10/h9-10H,3-8H2,1-2H3,(H2,12,13,14). The van der Waals surface area contributed by atoms with E-state index in [1.54, 1.807) is 0 Å². The lowest BCUT2D eigenvalue weighted by Gasteiger charge is -2.17. The second kappa shape index (κ2) is 6.67. The first kappa shape index (κ1) is 12.3. The van der Waals surface area contributed by atoms with Gasteiger partial charge >= 0.3 is 6.03 Å². The molecule has 1 unspecified atom stereocenters. The molecule has 1 saturated carbocycles. The zero-order valence-corrected chi connectivity index (χ0v) is 9.71. The van der Waals surface area contributed by atoms with Gasteiger partial charge in [0.2, 0.25) is 0 Å². The molecular weight excluding hydrogens is 192 g/mol. The highest BCUT2D eigenvalue weighted by Gasteiger charge is 2.17. The Morgan fingerprint density at radius 2 is 2.13 bits per heavy atom. The van der Waals surface area contributed by atoms with Crippen LogP contribution in [0.15, 0.2) is 0 Å². The Kier molecular flexibility index (Phi) is 5.47. The molecule has 0 spiro atoms. The van der Waals surface area contributed by atoms with Crippen molar-refractivity contribution in [3.05, 3.63) is 0 Å². The van der Waals surface area contributed by atoms with Crippen LogP contribution in [0, 0.1) is 0 Å². The van der Waals surface area contributed by atoms with E-state index in [0.29, 0.717) is 19.3 Å². The fourth-order valence-corrected chi connectivity index (χ4v) is 1.86. The van der Waals surface area contributed by atoms with Gasteiger partial charge < -0.3 is 15.4 Å². The number of urea groups is 1. The van der Waals surface area contributed by atoms with E-state index in [9.17, 15) is 4.79 Å². The molecule has 88 valence electrons. The highest BCUT2D eigenvalue weighted by molar-refractivity contribution is 5.74. The Balaban J connectivity index is 2.11. The zero-order valence-electron chi connectivity index (χ0n) is 9.71. The maximum atomic E-state index is 11.5. The maximum absolute atomic E-state index is 11.5. The van der Waals surface area contributed by atoms with E-state index in [1.165, 1.54) is 12.8 Å². The van der Waals surface area contributed by atoms with Crippen molar-refractivity contribution in [1.82, 2.24) is 10.6 Å². The van der Waals surface area contributed by atoms with Crippen molar-refractivity contribution in [3.8, 4) is 0 Å². The predicted molar refractivity (Wildman–Crippen MR) is 59.9 cm³/mol. The highest BCUT2D eigenvalue weighted by Crippen LogP contribution is 2.17. The zero-order chi connectivity index (χ0) is 11.1. The summed E-state index contributed by atoms with van der Waals surface area (Å²) >= 11 is 0. The third-order valence-electron chi connectivity index (χ3n) is 2.64. The fraction of sp³-hybridized carbons (Fsp3) is 0.909. The van der Waals surface area contributed by atoms with Crippen molar-refractivity contribution in [3.63, 3.8) is 0 Å². The van der Waals surface area contributed by atoms with Crippen LogP contribution in [0.4, 0.5) is 4.79 Å². The van der Waals surface area contributed by atoms with Gasteiger partial charge in [0.15, 0.2) is 0 Å². The lowest BCUT2D eigenvalue weighted by atomic mass is 10.2. The molecule has 0 radical (unpaired) electrons. The topological polar surface area (TPSA) is 50.4 Å². The lowest BCUT2D eigenvalue weighted by molar-refractivity contribution is 0.128. The van der Waals surface area contributed by atoms with Gasteiger partial charge in [0, 0.05) is 12.6 Å². The van der Waals surface area contributed by atoms with Gasteiger partial charge in [0.25, 0.3) is 0 Å². The molecule has 1 aliphatic rings. The van der Waals surface area contributed by atoms with Crippen LogP contribution in [0.5, 0.6) is 0 Å². The Morgan fingerprint density at radius 3 is 2.73 bits per heavy atom. The van der Waals surface area contributed by atoms with Gasteiger partial charge in [-0.15, -0.1) is 0 Å². The van der Waals surface area contributed by atoms with Crippen LogP contribution in [0.1, 0.15) is 39.5 Å². The number of nitrogens with one attached hydrogen (secondary N) is 2. The van der Waals surface area contributed by atoms with Gasteiger partial charge in [-0.05, 0) is 26.7 Å². The minimum atomic E-state index is -0.0610. The summed E-state index contributed by atoms with van der Waals surface area (Å²) in [7, 11) is 0. The molecule has 0 heterocycles. The third kappa shape index (κ3) is 5.02. The molecule has 0 saturated heterocycles. The number of carbonyl (C=O) groups is 1. The summed E-state index contributed by atoms with van der Waals surface area (Å²) in [4.78, 5) is 11.5. The molecule has 15 heavy (non-hydrogen) atoms. The van der Waals surface area contributed by atoms with Crippen molar-refractivity contribution < 1.29 is 9.53 Å². The molecule has 0 aromatic rings. The van der Waals surface area contributed by atoms with Gasteiger partial charge in [-0.1, -0.05) is 12.8 Å². The molecule has 4 nitrogen and oxygen atoms in total. The quantitative estimate of drug-likeness (QED) is 0.731. The van der Waals surface area contributed by atoms with Crippen LogP contribution in [-0.4, -0.2) is 31.3 Å². The van der Waals surface area contributed by atoms with Crippen LogP contribution in [0.2, 0.25) is 0 Å². The van der Waals surface area contributed by atoms with E-state index >= 15 is 0 Å². The van der Waals surface area contributed by atoms with Gasteiger partial charge in [-0.3, -0.25) is 0 Å². The summed E-state index contributed by atoms with van der Waals surface area (Å²) in [5.41, 5.74) is 0. The smallest absolute Gasteiger partial charge is 0.315 e. The largest absolute Gasteiger partial charge is 0.380 e. The maximum Gasteiger partial charge on any atom is 0.315 e. The fourth-order valence-electron chi connectivity index (χ4n) is 1.86. The number of hydrogen-bond acceptors (Lipinski definition) is 2. The first-order chi connectivity index (χ1) is 7.22. The van der Waals surface area contributed by atoms with E-state index in [-0.39, 0.29) is 12.1 Å². The van der Waals surface area contributed by atoms with Gasteiger partial charge in [0.1, 0.15) is 0 Å². The average Bonchev–Trinajstić information content (AvgIpc) is 2.67. The second-order valence-corrected chi connectivity index (χ2v) is 4.16. The molecule has 1 aliphatic carbocycles. The van der Waals surface area contributed by atoms with Gasteiger partial charge in [-0.2, -0.15) is 0 Å². The van der Waals surface area contributed by atoms with Crippen LogP contribution >= 0.6 is 0 Å². The molecule has 1 fully saturated rings. The van der Waals surface area contributed by atoms with E-state index in [0.717, 1.165) is 12.8 Å². The summed E-state index contributed by atoms with van der Waals surface area (Å²) in [6.45, 7) is 5.17. The molecule has 0 aromatic heterocycles. The SMILES string of the molecule is CCOCC(C)NC(=O)NC1CCCC1. The monoisotopic (exact) mass is 214 g/mol. The van der Waals surface area contributed by atoms with Crippen molar-refractivity contribution in [1.29, 1.82) is 0 Å². The Labute approximate surface area is 91.8 Å². The molecule has 1 atom stereocenters. The average molecular weight is 214 g/mol. The van der Waals surface area contributed by atoms with Gasteiger partial charge in [-0.25, -0.2) is 4.79 Å². The molecule has 0 aromatic carbocycles. The van der Waals surface area contributed by atoms with Gasteiger partial charge in [0.05, 0.1) is 12.6 Å². The van der Waals surface area contributed by atoms with Crippen LogP contribution in [0.25, 0.3) is 0 Å². The molecule has 4 heteroatoms. The molecule has 2 N–H and O–H groups in total. The van der Waals surface area contributed by atoms with E-state index in [1.807, 2.05) is 13.8 Å². The summed E-state index contributed by atoms with van der Waals surface area (Å²) in [6, 6.07) is 0.393. The van der Waals surface area contributed by atoms with Crippen LogP contribution < -0.4 is 10.6 Å². The predicted octanol–water partition coefficient (Wildman–Crippen LogP) is 1.65. The normalized spacial score (nSPS) is 18.8. The molecule has 0 aliphatic heterocycles. The van der Waals surface area contributed by atoms with E-state index < -0.39 is 0 Å². The van der Waals surface area contributed by atoms with Crippen LogP contribution in [0.3, 0.4) is 0 Å². The number of ether oxygens (including phenoxy) is 1. The van der Waals surface area contributed by atoms with Crippen LogP contribution in [-0.2, 0) is 4.74 Å². The van der Waals surface area contributed by atoms with E-state index in [2.05, 4.69) is 10.6 Å². The minimum Gasteiger partial charge on any atom is -0.380 e. The summed E-state index contributed by atoms with van der Waals surface area (Å²) in [5.74, 6) is 0. The first-order valence-electron chi connectivity index (χ1n) is 5.87. The minimum absolute atomic E-state index is 0.0610. The molecule has 1 rings (SSSR count). The Morgan fingerprint density at radius 1 is 1.47 bits per heavy atom. The molecule has 2 amide bonds. The van der Waals surface area contributed by atoms with Crippen molar-refractivity contribution >= 4 is 6.03 Å². The number of hydrogen-bond donors (Lipinski definition) is 2. The Hall–Kier alpha value is -0.770. The van der Waals surface area contributed by atoms with Crippen molar-refractivity contribution in [2.75, 3.05) is 13.2 Å². The summed E-state index contributed by atoms with van der Waals surface area (Å²) < 4.78 is 5.22. The number of amides is 2. The summed E-state index contributed by atoms with van der Waals surface area (Å²) in [5, 5.41) is 5.85. The van der Waals surface area contributed by atoms with E-state index in [4.69, 9.17) is 4.74 Å². The van der Waals surface area contributed by atoms with Crippen molar-refractivity contribution in [2.45, 2.75) is 51.6 Å². The molecule has 0 bridgehead atoms. The molecular formula is C11H22N2O2. The first-order valence-corrected chi connectivity index (χ1v) is 5.87. The highest BCUT2D eigenvalue weighted by atomic mass is 16.5. The lowest BCUT2D eigenvalue weighted by Crippen LogP contribution is -2.45. The third-order valence-corrected chi connectivity index (χ3v) is 2.64. The summed E-state index contributed by atoms with van der Waals surface area (Å²) in [6.07, 6.45) is 4.71. The number of carbonyl (C=O) groups excluding carboxylic acids is 1.